The van der Waals surface area contributed by atoms with Crippen molar-refractivity contribution in [3.05, 3.63) is 0 Å². The number of rotatable bonds is 4. The molecule has 0 spiro atoms. The van der Waals surface area contributed by atoms with Crippen molar-refractivity contribution in [3.8, 4) is 0 Å². The van der Waals surface area contributed by atoms with Gasteiger partial charge in [0.2, 0.25) is 0 Å². The molecule has 31 heteroatoms. The zero-order valence-electron chi connectivity index (χ0n) is 19.4. The van der Waals surface area contributed by atoms with Gasteiger partial charge >= 0.3 is 164 Å². The van der Waals surface area contributed by atoms with Gasteiger partial charge < -0.3 is 117 Å². The van der Waals surface area contributed by atoms with Crippen molar-refractivity contribution in [2.45, 2.75) is 0 Å². The fraction of sp³-hybridized carbons (Fsp3) is 0. The van der Waals surface area contributed by atoms with E-state index in [1.54, 1.807) is 0 Å². The Kier molecular flexibility index (Phi) is 209. The molecule has 0 amide bonds. The molecule has 0 atom stereocenters. The Morgan fingerprint density at radius 3 is 0.710 bits per heavy atom. The Morgan fingerprint density at radius 2 is 0.645 bits per heavy atom. The van der Waals surface area contributed by atoms with E-state index in [0.717, 1.165) is 0 Å². The summed E-state index contributed by atoms with van der Waals surface area (Å²) >= 11 is 0. The number of phosphoric acid groups is 1. The Labute approximate surface area is 290 Å². The van der Waals surface area contributed by atoms with E-state index in [2.05, 4.69) is 8.88 Å². The van der Waals surface area contributed by atoms with E-state index in [1.165, 1.54) is 0 Å². The molecule has 0 heterocycles. The van der Waals surface area contributed by atoms with Gasteiger partial charge in [-0.1, -0.05) is 0 Å². The van der Waals surface area contributed by atoms with Gasteiger partial charge in [-0.05, 0) is 0 Å². The maximum Gasteiger partial charge on any atom is 2.00 e. The second-order valence-electron chi connectivity index (χ2n) is 2.02. The van der Waals surface area contributed by atoms with Crippen LogP contribution >= 0.6 is 7.82 Å². The van der Waals surface area contributed by atoms with Crippen LogP contribution in [0.4, 0.5) is 0 Å². The average molecular weight is 600 g/mol. The van der Waals surface area contributed by atoms with Crippen LogP contribution in [0.5, 0.6) is 0 Å². The summed E-state index contributed by atoms with van der Waals surface area (Å²) in [4.78, 5) is 8.33. The molecule has 0 fully saturated rings. The maximum absolute atomic E-state index is 10.3. The van der Waals surface area contributed by atoms with Crippen molar-refractivity contribution in [2.24, 2.45) is 0 Å². The first-order valence-corrected chi connectivity index (χ1v) is 5.30. The third-order valence-electron chi connectivity index (χ3n) is 0.455. The molecule has 23 N–H and O–H groups in total. The minimum atomic E-state index is -4.80. The fourth-order valence-corrected chi connectivity index (χ4v) is 0.789. The van der Waals surface area contributed by atoms with Crippen LogP contribution in [-0.4, -0.2) is 155 Å². The van der Waals surface area contributed by atoms with Crippen molar-refractivity contribution in [3.63, 3.8) is 0 Å². The average Bonchev–Trinajstić information content (AvgIpc) is 1.93. The number of hydrogen-bond donors (Lipinski definition) is 11. The Hall–Kier alpha value is 4.57. The topological polar surface area (TPSA) is 447 Å². The molecule has 0 bridgehead atoms. The van der Waals surface area contributed by atoms with Gasteiger partial charge in [-0.15, -0.1) is 0 Å². The van der Waals surface area contributed by atoms with Gasteiger partial charge in [-0.3, -0.25) is 8.88 Å². The largest absolute Gasteiger partial charge is 2.00 e. The molecule has 0 saturated carbocycles. The van der Waals surface area contributed by atoms with Gasteiger partial charge in [0, 0.05) is 0 Å². The molecule has 182 valence electrons. The van der Waals surface area contributed by atoms with Gasteiger partial charge in [0.1, 0.15) is 0 Å². The molecule has 0 aliphatic rings. The standard InChI is InChI=1S/B2H5O8P.2BH3O3.Ca.2ClH.3Na.6H2O.3H/c3-1(4)9-11(7,8)10-2(5)6;2*2-1(3)4;;;;;;;;;;;;;;;/h3-6H,(H,7,8);2*2-4H;;2*1H;;;;6*1H2;;;/q;;;+2;;;3*+1;;;;;;;3*-1/p-2. The van der Waals surface area contributed by atoms with Crippen molar-refractivity contribution >= 4 is 74.8 Å². The van der Waals surface area contributed by atoms with Gasteiger partial charge in [0.15, 0.2) is 0 Å². The molecular formula is H26B4CaCl2Na3O20P. The normalized spacial score (nSPS) is 5.77. The molecular weight excluding hydrogens is 574 g/mol. The van der Waals surface area contributed by atoms with Crippen LogP contribution in [0.25, 0.3) is 0 Å². The van der Waals surface area contributed by atoms with Crippen LogP contribution in [0.2, 0.25) is 0 Å². The zero-order chi connectivity index (χ0) is 16.2. The van der Waals surface area contributed by atoms with E-state index in [1.807, 2.05) is 0 Å². The van der Waals surface area contributed by atoms with E-state index in [0.29, 0.717) is 0 Å². The molecule has 0 radical (unpaired) electrons. The van der Waals surface area contributed by atoms with Gasteiger partial charge in [-0.2, -0.15) is 0 Å². The van der Waals surface area contributed by atoms with Gasteiger partial charge in [-0.25, -0.2) is 4.57 Å². The second-order valence-corrected chi connectivity index (χ2v) is 3.38. The predicted octanol–water partition coefficient (Wildman–Crippen LogP) is -27.0. The van der Waals surface area contributed by atoms with Crippen LogP contribution in [0.1, 0.15) is 4.28 Å². The molecule has 0 aliphatic carbocycles. The zero-order valence-corrected chi connectivity index (χ0v) is 27.0. The van der Waals surface area contributed by atoms with Crippen LogP contribution in [0, 0.1) is 0 Å². The third kappa shape index (κ3) is 173. The molecule has 20 nitrogen and oxygen atoms in total. The SMILES string of the molecule is O.O.O.O.O.O.O=P(O)(OB(O)O)OB(O)O.OB(O)O.OB(O)O.[Ca+2].[Cl-].[Cl-].[H-].[H-].[H-].[Na+].[Na+].[Na+]. The summed E-state index contributed by atoms with van der Waals surface area (Å²) in [6.07, 6.45) is 0. The van der Waals surface area contributed by atoms with Crippen molar-refractivity contribution < 1.29 is 219 Å². The summed E-state index contributed by atoms with van der Waals surface area (Å²) in [6, 6.07) is 0. The van der Waals surface area contributed by atoms with E-state index in [9.17, 15) is 4.57 Å². The van der Waals surface area contributed by atoms with E-state index >= 15 is 0 Å². The van der Waals surface area contributed by atoms with Crippen molar-refractivity contribution in [1.82, 2.24) is 0 Å². The summed E-state index contributed by atoms with van der Waals surface area (Å²) in [7, 11) is -14.2. The molecule has 0 aliphatic heterocycles. The molecule has 31 heavy (non-hydrogen) atoms. The van der Waals surface area contributed by atoms with Crippen molar-refractivity contribution in [1.29, 1.82) is 0 Å². The van der Waals surface area contributed by atoms with Gasteiger partial charge in [0.25, 0.3) is 0 Å². The summed E-state index contributed by atoms with van der Waals surface area (Å²) in [5, 5.41) is 74.8. The molecule has 0 aromatic rings. The van der Waals surface area contributed by atoms with Crippen LogP contribution in [-0.2, 0) is 13.4 Å². The number of halogens is 2. The summed E-state index contributed by atoms with van der Waals surface area (Å²) < 4.78 is 17.2. The Morgan fingerprint density at radius 1 is 0.548 bits per heavy atom. The van der Waals surface area contributed by atoms with E-state index < -0.39 is 37.1 Å². The predicted molar refractivity (Wildman–Crippen MR) is 88.0 cm³/mol. The first-order valence-electron chi connectivity index (χ1n) is 3.80. The quantitative estimate of drug-likeness (QED) is 0.105. The smallest absolute Gasteiger partial charge is 1.00 e. The van der Waals surface area contributed by atoms with Crippen LogP contribution in [0.3, 0.4) is 0 Å². The van der Waals surface area contributed by atoms with E-state index in [4.69, 9.17) is 55.1 Å². The fourth-order valence-electron chi connectivity index (χ4n) is 0.263. The van der Waals surface area contributed by atoms with Gasteiger partial charge in [0.05, 0.1) is 0 Å². The second kappa shape index (κ2) is 64.5. The monoisotopic (exact) mass is 600 g/mol. The van der Waals surface area contributed by atoms with Crippen LogP contribution in [0.15, 0.2) is 0 Å². The Bertz CT molecular complexity index is 248. The minimum Gasteiger partial charge on any atom is -1.00 e. The summed E-state index contributed by atoms with van der Waals surface area (Å²) in [5.41, 5.74) is 0. The molecule has 0 aromatic carbocycles. The summed E-state index contributed by atoms with van der Waals surface area (Å²) in [6.45, 7) is 0. The van der Waals surface area contributed by atoms with E-state index in [-0.39, 0.29) is 188 Å². The van der Waals surface area contributed by atoms with Crippen molar-refractivity contribution in [2.75, 3.05) is 0 Å². The molecule has 0 unspecified atom stereocenters. The third-order valence-corrected chi connectivity index (χ3v) is 1.36. The molecule has 0 rings (SSSR count). The van der Waals surface area contributed by atoms with Crippen LogP contribution < -0.4 is 113 Å². The first kappa shape index (κ1) is 100. The molecule has 0 aromatic heterocycles. The summed E-state index contributed by atoms with van der Waals surface area (Å²) in [5.74, 6) is 0. The minimum absolute atomic E-state index is 0. The Balaban J connectivity index is -0.00000000635. The molecule has 0 saturated heterocycles. The number of hydrogen-bond acceptors (Lipinski definition) is 13. The first-order chi connectivity index (χ1) is 8.30. The maximum atomic E-state index is 10.3.